The Morgan fingerprint density at radius 3 is 2.60 bits per heavy atom. The van der Waals surface area contributed by atoms with E-state index < -0.39 is 4.92 Å². The molecule has 128 valence electrons. The number of nitriles is 1. The van der Waals surface area contributed by atoms with E-state index in [1.165, 1.54) is 24.5 Å². The first-order chi connectivity index (χ1) is 12.2. The van der Waals surface area contributed by atoms with Crippen molar-refractivity contribution in [2.45, 2.75) is 18.9 Å². The molecular formula is C18H19N5O2. The van der Waals surface area contributed by atoms with Gasteiger partial charge in [0, 0.05) is 12.6 Å². The first kappa shape index (κ1) is 16.9. The van der Waals surface area contributed by atoms with E-state index in [1.807, 2.05) is 18.2 Å². The minimum atomic E-state index is -0.591. The highest BCUT2D eigenvalue weighted by Gasteiger charge is 2.23. The van der Waals surface area contributed by atoms with Gasteiger partial charge in [0.15, 0.2) is 0 Å². The predicted molar refractivity (Wildman–Crippen MR) is 94.1 cm³/mol. The minimum absolute atomic E-state index is 0.174. The average molecular weight is 337 g/mol. The van der Waals surface area contributed by atoms with Gasteiger partial charge in [0.05, 0.1) is 11.0 Å². The number of pyridine rings is 1. The van der Waals surface area contributed by atoms with Gasteiger partial charge in [0.25, 0.3) is 0 Å². The van der Waals surface area contributed by atoms with E-state index in [4.69, 9.17) is 5.26 Å². The highest BCUT2D eigenvalue weighted by molar-refractivity contribution is 5.50. The van der Waals surface area contributed by atoms with E-state index in [9.17, 15) is 10.1 Å². The Hall–Kier alpha value is -2.98. The molecule has 1 fully saturated rings. The van der Waals surface area contributed by atoms with Gasteiger partial charge in [-0.2, -0.15) is 5.26 Å². The van der Waals surface area contributed by atoms with Gasteiger partial charge in [0.1, 0.15) is 11.9 Å². The molecule has 1 aromatic heterocycles. The number of aromatic nitrogens is 1. The molecule has 3 rings (SSSR count). The third-order valence-corrected chi connectivity index (χ3v) is 4.42. The Balaban J connectivity index is 1.77. The van der Waals surface area contributed by atoms with Crippen LogP contribution >= 0.6 is 0 Å². The lowest BCUT2D eigenvalue weighted by Gasteiger charge is -2.28. The molecule has 0 aliphatic carbocycles. The molecule has 0 amide bonds. The summed E-state index contributed by atoms with van der Waals surface area (Å²) < 4.78 is 0. The summed E-state index contributed by atoms with van der Waals surface area (Å²) in [7, 11) is 0. The van der Waals surface area contributed by atoms with Crippen molar-refractivity contribution < 1.29 is 4.92 Å². The number of hydrogen-bond acceptors (Lipinski definition) is 6. The molecule has 1 aliphatic rings. The summed E-state index contributed by atoms with van der Waals surface area (Å²) in [6.07, 6.45) is 2.38. The topological polar surface area (TPSA) is 95.1 Å². The molecule has 0 spiro atoms. The molecule has 7 nitrogen and oxygen atoms in total. The number of anilines is 1. The van der Waals surface area contributed by atoms with Crippen LogP contribution in [0.3, 0.4) is 0 Å². The fourth-order valence-electron chi connectivity index (χ4n) is 3.17. The highest BCUT2D eigenvalue weighted by Crippen LogP contribution is 2.26. The molecule has 25 heavy (non-hydrogen) atoms. The molecule has 1 atom stereocenters. The zero-order chi connectivity index (χ0) is 17.6. The van der Waals surface area contributed by atoms with E-state index in [2.05, 4.69) is 27.3 Å². The molecule has 7 heteroatoms. The number of nitrogens with one attached hydrogen (secondary N) is 1. The van der Waals surface area contributed by atoms with Crippen molar-refractivity contribution >= 4 is 11.5 Å². The Kier molecular flexibility index (Phi) is 5.21. The zero-order valence-electron chi connectivity index (χ0n) is 13.8. The van der Waals surface area contributed by atoms with Gasteiger partial charge in [-0.1, -0.05) is 30.3 Å². The quantitative estimate of drug-likeness (QED) is 0.643. The Morgan fingerprint density at radius 1 is 1.24 bits per heavy atom. The molecule has 1 saturated heterocycles. The SMILES string of the molecule is N#Cc1nc(NCC(c2ccccc2)N2CCCC2)ccc1[N+](=O)[O-]. The number of hydrogen-bond donors (Lipinski definition) is 1. The molecule has 0 saturated carbocycles. The fourth-order valence-corrected chi connectivity index (χ4v) is 3.17. The van der Waals surface area contributed by atoms with Crippen LogP contribution < -0.4 is 5.32 Å². The van der Waals surface area contributed by atoms with Crippen molar-refractivity contribution in [3.05, 3.63) is 63.8 Å². The smallest absolute Gasteiger partial charge is 0.305 e. The number of benzene rings is 1. The molecule has 0 radical (unpaired) electrons. The van der Waals surface area contributed by atoms with Crippen molar-refractivity contribution in [1.29, 1.82) is 5.26 Å². The normalized spacial score (nSPS) is 15.5. The lowest BCUT2D eigenvalue weighted by molar-refractivity contribution is -0.385. The monoisotopic (exact) mass is 337 g/mol. The van der Waals surface area contributed by atoms with Crippen molar-refractivity contribution in [1.82, 2.24) is 9.88 Å². The van der Waals surface area contributed by atoms with E-state index >= 15 is 0 Å². The summed E-state index contributed by atoms with van der Waals surface area (Å²) in [5, 5.41) is 23.2. The number of likely N-dealkylation sites (tertiary alicyclic amines) is 1. The zero-order valence-corrected chi connectivity index (χ0v) is 13.8. The van der Waals surface area contributed by atoms with Crippen LogP contribution in [0.5, 0.6) is 0 Å². The molecule has 2 heterocycles. The van der Waals surface area contributed by atoms with Crippen LogP contribution in [-0.2, 0) is 0 Å². The van der Waals surface area contributed by atoms with Gasteiger partial charge in [-0.25, -0.2) is 4.98 Å². The van der Waals surface area contributed by atoms with E-state index in [0.29, 0.717) is 12.4 Å². The maximum Gasteiger partial charge on any atom is 0.305 e. The third-order valence-electron chi connectivity index (χ3n) is 4.42. The number of nitrogens with zero attached hydrogens (tertiary/aromatic N) is 4. The van der Waals surface area contributed by atoms with Crippen LogP contribution in [0.1, 0.15) is 30.1 Å². The lowest BCUT2D eigenvalue weighted by Crippen LogP contribution is -2.31. The average Bonchev–Trinajstić information content (AvgIpc) is 3.17. The van der Waals surface area contributed by atoms with Gasteiger partial charge >= 0.3 is 5.69 Å². The Morgan fingerprint density at radius 2 is 1.96 bits per heavy atom. The van der Waals surface area contributed by atoms with E-state index in [1.54, 1.807) is 12.1 Å². The second-order valence-electron chi connectivity index (χ2n) is 5.98. The van der Waals surface area contributed by atoms with Gasteiger partial charge in [-0.05, 0) is 37.6 Å². The summed E-state index contributed by atoms with van der Waals surface area (Å²) in [6.45, 7) is 2.73. The van der Waals surface area contributed by atoms with Crippen LogP contribution in [-0.4, -0.2) is 34.4 Å². The summed E-state index contributed by atoms with van der Waals surface area (Å²) in [4.78, 5) is 16.8. The summed E-state index contributed by atoms with van der Waals surface area (Å²) in [5.41, 5.74) is 0.777. The van der Waals surface area contributed by atoms with Crippen molar-refractivity contribution in [2.24, 2.45) is 0 Å². The summed E-state index contributed by atoms with van der Waals surface area (Å²) in [6, 6.07) is 15.1. The van der Waals surface area contributed by atoms with Gasteiger partial charge in [0.2, 0.25) is 5.69 Å². The van der Waals surface area contributed by atoms with Crippen LogP contribution in [0.4, 0.5) is 11.5 Å². The molecule has 0 bridgehead atoms. The molecular weight excluding hydrogens is 318 g/mol. The molecule has 1 unspecified atom stereocenters. The van der Waals surface area contributed by atoms with E-state index in [-0.39, 0.29) is 17.4 Å². The first-order valence-corrected chi connectivity index (χ1v) is 8.27. The number of rotatable bonds is 6. The van der Waals surface area contributed by atoms with E-state index in [0.717, 1.165) is 13.1 Å². The first-order valence-electron chi connectivity index (χ1n) is 8.27. The second kappa shape index (κ2) is 7.73. The highest BCUT2D eigenvalue weighted by atomic mass is 16.6. The largest absolute Gasteiger partial charge is 0.368 e. The predicted octanol–water partition coefficient (Wildman–Crippen LogP) is 3.11. The summed E-state index contributed by atoms with van der Waals surface area (Å²) in [5.74, 6) is 0.474. The van der Waals surface area contributed by atoms with Gasteiger partial charge < -0.3 is 5.32 Å². The maximum absolute atomic E-state index is 10.9. The lowest BCUT2D eigenvalue weighted by atomic mass is 10.1. The minimum Gasteiger partial charge on any atom is -0.368 e. The third kappa shape index (κ3) is 3.92. The summed E-state index contributed by atoms with van der Waals surface area (Å²) >= 11 is 0. The van der Waals surface area contributed by atoms with Crippen molar-refractivity contribution in [3.8, 4) is 6.07 Å². The van der Waals surface area contributed by atoms with Crippen molar-refractivity contribution in [2.75, 3.05) is 25.0 Å². The van der Waals surface area contributed by atoms with Crippen LogP contribution in [0.25, 0.3) is 0 Å². The van der Waals surface area contributed by atoms with Gasteiger partial charge in [-0.15, -0.1) is 0 Å². The Bertz CT molecular complexity index is 782. The van der Waals surface area contributed by atoms with Crippen LogP contribution in [0, 0.1) is 21.4 Å². The van der Waals surface area contributed by atoms with Crippen LogP contribution in [0.15, 0.2) is 42.5 Å². The fraction of sp³-hybridized carbons (Fsp3) is 0.333. The maximum atomic E-state index is 10.9. The van der Waals surface area contributed by atoms with Gasteiger partial charge in [-0.3, -0.25) is 15.0 Å². The second-order valence-corrected chi connectivity index (χ2v) is 5.98. The molecule has 1 aliphatic heterocycles. The standard InChI is InChI=1S/C18H19N5O2/c19-12-15-16(23(24)25)8-9-18(21-15)20-13-17(22-10-4-5-11-22)14-6-2-1-3-7-14/h1-3,6-9,17H,4-5,10-11,13H2,(H,20,21). The van der Waals surface area contributed by atoms with Crippen molar-refractivity contribution in [3.63, 3.8) is 0 Å². The molecule has 2 aromatic rings. The number of nitro groups is 1. The Labute approximate surface area is 146 Å². The molecule has 1 N–H and O–H groups in total. The van der Waals surface area contributed by atoms with Crippen LogP contribution in [0.2, 0.25) is 0 Å². The molecule has 1 aromatic carbocycles.